The Labute approximate surface area is 196 Å². The summed E-state index contributed by atoms with van der Waals surface area (Å²) in [6.45, 7) is 1.92. The fourth-order valence-electron chi connectivity index (χ4n) is 5.39. The van der Waals surface area contributed by atoms with Crippen molar-refractivity contribution in [3.63, 3.8) is 0 Å². The van der Waals surface area contributed by atoms with E-state index in [9.17, 15) is 18.8 Å². The van der Waals surface area contributed by atoms with Crippen LogP contribution in [0.2, 0.25) is 0 Å². The zero-order valence-electron chi connectivity index (χ0n) is 18.7. The van der Waals surface area contributed by atoms with Gasteiger partial charge in [0.2, 0.25) is 11.8 Å². The topological polar surface area (TPSA) is 75.7 Å². The van der Waals surface area contributed by atoms with E-state index in [0.717, 1.165) is 16.0 Å². The Morgan fingerprint density at radius 3 is 2.24 bits per heavy atom. The second-order valence-corrected chi connectivity index (χ2v) is 8.64. The quantitative estimate of drug-likeness (QED) is 0.477. The van der Waals surface area contributed by atoms with Crippen molar-refractivity contribution in [2.45, 2.75) is 18.5 Å². The molecule has 7 heteroatoms. The smallest absolute Gasteiger partial charge is 0.331 e. The van der Waals surface area contributed by atoms with E-state index in [2.05, 4.69) is 5.32 Å². The molecule has 2 amide bonds. The van der Waals surface area contributed by atoms with Crippen LogP contribution in [0.15, 0.2) is 78.9 Å². The number of carbonyl (C=O) groups excluding carboxylic acids is 3. The Hall–Kier alpha value is -3.84. The van der Waals surface area contributed by atoms with Crippen LogP contribution in [-0.2, 0) is 24.7 Å². The molecule has 6 nitrogen and oxygen atoms in total. The molecule has 2 aliphatic rings. The highest BCUT2D eigenvalue weighted by atomic mass is 19.1. The molecular weight excluding hydrogens is 435 g/mol. The van der Waals surface area contributed by atoms with Gasteiger partial charge in [-0.2, -0.15) is 0 Å². The fraction of sp³-hybridized carbons (Fsp3) is 0.222. The summed E-state index contributed by atoms with van der Waals surface area (Å²) < 4.78 is 18.8. The van der Waals surface area contributed by atoms with Crippen molar-refractivity contribution >= 4 is 23.5 Å². The number of nitrogens with zero attached hydrogens (tertiary/aromatic N) is 1. The Balaban J connectivity index is 1.74. The number of esters is 1. The SMILES string of the molecule is COC(=O)[C@@]1(c2ccccc2)N[C@@H](c2ccccc2C)[C@@H]2C(=O)N(c3ccc(F)cc3)C(=O)[C@H]21. The third kappa shape index (κ3) is 3.08. The predicted octanol–water partition coefficient (Wildman–Crippen LogP) is 3.65. The zero-order chi connectivity index (χ0) is 24.0. The van der Waals surface area contributed by atoms with Gasteiger partial charge < -0.3 is 4.74 Å². The fourth-order valence-corrected chi connectivity index (χ4v) is 5.39. The normalized spacial score (nSPS) is 26.0. The highest BCUT2D eigenvalue weighted by Gasteiger charge is 2.69. The molecule has 3 aromatic carbocycles. The summed E-state index contributed by atoms with van der Waals surface area (Å²) in [6.07, 6.45) is 0. The Morgan fingerprint density at radius 1 is 0.941 bits per heavy atom. The van der Waals surface area contributed by atoms with Gasteiger partial charge in [-0.25, -0.2) is 14.1 Å². The molecular formula is C27H23FN2O4. The van der Waals surface area contributed by atoms with Gasteiger partial charge in [-0.1, -0.05) is 54.6 Å². The monoisotopic (exact) mass is 458 g/mol. The van der Waals surface area contributed by atoms with E-state index in [0.29, 0.717) is 5.56 Å². The molecule has 2 saturated heterocycles. The van der Waals surface area contributed by atoms with Crippen molar-refractivity contribution < 1.29 is 23.5 Å². The van der Waals surface area contributed by atoms with Crippen molar-refractivity contribution in [3.8, 4) is 0 Å². The molecule has 1 N–H and O–H groups in total. The minimum atomic E-state index is -1.57. The first-order valence-corrected chi connectivity index (χ1v) is 11.0. The van der Waals surface area contributed by atoms with E-state index < -0.39 is 47.0 Å². The zero-order valence-corrected chi connectivity index (χ0v) is 18.7. The van der Waals surface area contributed by atoms with Crippen LogP contribution in [-0.4, -0.2) is 24.9 Å². The minimum absolute atomic E-state index is 0.265. The van der Waals surface area contributed by atoms with Gasteiger partial charge in [0.25, 0.3) is 0 Å². The number of amides is 2. The second kappa shape index (κ2) is 8.18. The van der Waals surface area contributed by atoms with Crippen LogP contribution in [0.1, 0.15) is 22.7 Å². The lowest BCUT2D eigenvalue weighted by molar-refractivity contribution is -0.152. The molecule has 0 aliphatic carbocycles. The highest BCUT2D eigenvalue weighted by molar-refractivity contribution is 6.24. The van der Waals surface area contributed by atoms with Crippen molar-refractivity contribution in [3.05, 3.63) is 101 Å². The third-order valence-electron chi connectivity index (χ3n) is 6.90. The lowest BCUT2D eigenvalue weighted by Gasteiger charge is -2.33. The van der Waals surface area contributed by atoms with Crippen molar-refractivity contribution in [1.29, 1.82) is 0 Å². The molecule has 4 atom stereocenters. The molecule has 0 spiro atoms. The molecule has 5 rings (SSSR count). The van der Waals surface area contributed by atoms with Crippen LogP contribution in [0.3, 0.4) is 0 Å². The molecule has 0 saturated carbocycles. The molecule has 2 heterocycles. The number of fused-ring (bicyclic) bond motifs is 1. The minimum Gasteiger partial charge on any atom is -0.467 e. The summed E-state index contributed by atoms with van der Waals surface area (Å²) in [5, 5.41) is 3.37. The van der Waals surface area contributed by atoms with Crippen LogP contribution in [0, 0.1) is 24.6 Å². The maximum Gasteiger partial charge on any atom is 0.331 e. The molecule has 2 aliphatic heterocycles. The Bertz CT molecular complexity index is 1280. The van der Waals surface area contributed by atoms with Gasteiger partial charge in [0.1, 0.15) is 5.82 Å². The van der Waals surface area contributed by atoms with E-state index >= 15 is 0 Å². The molecule has 0 unspecified atom stereocenters. The maximum atomic E-state index is 13.9. The van der Waals surface area contributed by atoms with Crippen LogP contribution in [0.5, 0.6) is 0 Å². The van der Waals surface area contributed by atoms with E-state index in [1.165, 1.54) is 31.4 Å². The first-order valence-electron chi connectivity index (χ1n) is 11.0. The van der Waals surface area contributed by atoms with Crippen LogP contribution in [0.4, 0.5) is 10.1 Å². The van der Waals surface area contributed by atoms with Gasteiger partial charge in [-0.05, 0) is 47.9 Å². The summed E-state index contributed by atoms with van der Waals surface area (Å²) in [6, 6.07) is 21.0. The number of hydrogen-bond acceptors (Lipinski definition) is 5. The number of hydrogen-bond donors (Lipinski definition) is 1. The van der Waals surface area contributed by atoms with Crippen LogP contribution in [0.25, 0.3) is 0 Å². The van der Waals surface area contributed by atoms with Crippen molar-refractivity contribution in [2.75, 3.05) is 12.0 Å². The van der Waals surface area contributed by atoms with Crippen molar-refractivity contribution in [2.24, 2.45) is 11.8 Å². The van der Waals surface area contributed by atoms with E-state index in [4.69, 9.17) is 4.74 Å². The lowest BCUT2D eigenvalue weighted by atomic mass is 9.75. The highest BCUT2D eigenvalue weighted by Crippen LogP contribution is 2.54. The number of rotatable bonds is 4. The summed E-state index contributed by atoms with van der Waals surface area (Å²) in [4.78, 5) is 42.3. The number of nitrogens with one attached hydrogen (secondary N) is 1. The molecule has 0 radical (unpaired) electrons. The summed E-state index contributed by atoms with van der Waals surface area (Å²) in [7, 11) is 1.27. The first-order chi connectivity index (χ1) is 16.4. The number of imide groups is 1. The molecule has 0 bridgehead atoms. The summed E-state index contributed by atoms with van der Waals surface area (Å²) >= 11 is 0. The number of anilines is 1. The average Bonchev–Trinajstić information content (AvgIpc) is 3.34. The van der Waals surface area contributed by atoms with E-state index in [-0.39, 0.29) is 5.69 Å². The predicted molar refractivity (Wildman–Crippen MR) is 123 cm³/mol. The van der Waals surface area contributed by atoms with E-state index in [1.807, 2.05) is 37.3 Å². The third-order valence-corrected chi connectivity index (χ3v) is 6.90. The molecule has 3 aromatic rings. The van der Waals surface area contributed by atoms with Crippen LogP contribution < -0.4 is 10.2 Å². The maximum absolute atomic E-state index is 13.9. The van der Waals surface area contributed by atoms with Gasteiger partial charge in [0.15, 0.2) is 5.54 Å². The average molecular weight is 458 g/mol. The van der Waals surface area contributed by atoms with Gasteiger partial charge in [0.05, 0.1) is 24.6 Å². The number of methoxy groups -OCH3 is 1. The molecule has 0 aromatic heterocycles. The molecule has 34 heavy (non-hydrogen) atoms. The number of aryl methyl sites for hydroxylation is 1. The van der Waals surface area contributed by atoms with Gasteiger partial charge in [-0.3, -0.25) is 14.9 Å². The number of halogens is 1. The molecule has 2 fully saturated rings. The Morgan fingerprint density at radius 2 is 1.59 bits per heavy atom. The first kappa shape index (κ1) is 22.0. The largest absolute Gasteiger partial charge is 0.467 e. The second-order valence-electron chi connectivity index (χ2n) is 8.64. The van der Waals surface area contributed by atoms with Gasteiger partial charge in [-0.15, -0.1) is 0 Å². The standard InChI is InChI=1S/C27H23FN2O4/c1-16-8-6-7-11-20(16)23-21-22(25(32)30(24(21)31)19-14-12-18(28)13-15-19)27(29-23,26(33)34-2)17-9-4-3-5-10-17/h3-15,21-23,29H,1-2H3/t21-,22+,23+,27+/m1/s1. The van der Waals surface area contributed by atoms with E-state index in [1.54, 1.807) is 24.3 Å². The summed E-state index contributed by atoms with van der Waals surface area (Å²) in [5.41, 5.74) is 0.972. The number of ether oxygens (including phenoxy) is 1. The van der Waals surface area contributed by atoms with Gasteiger partial charge in [0, 0.05) is 6.04 Å². The lowest BCUT2D eigenvalue weighted by Crippen LogP contribution is -2.53. The summed E-state index contributed by atoms with van der Waals surface area (Å²) in [5.74, 6) is -4.01. The van der Waals surface area contributed by atoms with Crippen molar-refractivity contribution in [1.82, 2.24) is 5.32 Å². The Kier molecular flexibility index (Phi) is 5.29. The number of benzene rings is 3. The van der Waals surface area contributed by atoms with Gasteiger partial charge >= 0.3 is 5.97 Å². The van der Waals surface area contributed by atoms with Crippen LogP contribution >= 0.6 is 0 Å². The number of carbonyl (C=O) groups is 3. The molecule has 172 valence electrons.